The van der Waals surface area contributed by atoms with Crippen molar-refractivity contribution in [2.45, 2.75) is 44.4 Å². The van der Waals surface area contributed by atoms with Crippen LogP contribution in [0.3, 0.4) is 0 Å². The molecule has 2 amide bonds. The van der Waals surface area contributed by atoms with Crippen LogP contribution in [0.5, 0.6) is 0 Å². The van der Waals surface area contributed by atoms with Gasteiger partial charge in [-0.25, -0.2) is 8.42 Å². The van der Waals surface area contributed by atoms with E-state index in [0.29, 0.717) is 25.8 Å². The molecule has 3 atom stereocenters. The summed E-state index contributed by atoms with van der Waals surface area (Å²) in [4.78, 5) is 23.8. The summed E-state index contributed by atoms with van der Waals surface area (Å²) in [5.74, 6) is -0.829. The van der Waals surface area contributed by atoms with E-state index in [9.17, 15) is 23.1 Å². The van der Waals surface area contributed by atoms with Gasteiger partial charge in [-0.3, -0.25) is 9.59 Å². The van der Waals surface area contributed by atoms with Crippen molar-refractivity contribution >= 4 is 22.3 Å². The van der Waals surface area contributed by atoms with Crippen molar-refractivity contribution in [2.24, 2.45) is 5.73 Å². The Labute approximate surface area is 124 Å². The number of hydrogen-bond acceptors (Lipinski definition) is 5. The summed E-state index contributed by atoms with van der Waals surface area (Å²) in [7, 11) is -3.42. The molecule has 0 aliphatic carbocycles. The molecule has 1 heterocycles. The maximum Gasteiger partial charge on any atom is 0.242 e. The van der Waals surface area contributed by atoms with Crippen molar-refractivity contribution in [3.63, 3.8) is 0 Å². The first-order valence-corrected chi connectivity index (χ1v) is 8.54. The van der Waals surface area contributed by atoms with Gasteiger partial charge in [0.15, 0.2) is 0 Å². The highest BCUT2D eigenvalue weighted by molar-refractivity contribution is 7.88. The number of primary amides is 1. The van der Waals surface area contributed by atoms with Gasteiger partial charge in [-0.05, 0) is 26.7 Å². The number of rotatable bonds is 7. The lowest BCUT2D eigenvalue weighted by molar-refractivity contribution is -0.136. The van der Waals surface area contributed by atoms with Crippen LogP contribution in [0.15, 0.2) is 0 Å². The third-order valence-corrected chi connectivity index (χ3v) is 5.27. The van der Waals surface area contributed by atoms with Gasteiger partial charge in [0.05, 0.1) is 17.9 Å². The first kappa shape index (κ1) is 17.9. The second-order valence-electron chi connectivity index (χ2n) is 5.80. The van der Waals surface area contributed by atoms with Crippen molar-refractivity contribution in [1.29, 1.82) is 0 Å². The second-order valence-corrected chi connectivity index (χ2v) is 7.71. The molecule has 0 aromatic heterocycles. The van der Waals surface area contributed by atoms with Crippen LogP contribution in [0, 0.1) is 0 Å². The quantitative estimate of drug-likeness (QED) is 0.552. The van der Waals surface area contributed by atoms with Crippen molar-refractivity contribution in [1.82, 2.24) is 9.21 Å². The second kappa shape index (κ2) is 6.29. The lowest BCUT2D eigenvalue weighted by Crippen LogP contribution is -2.58. The molecule has 3 unspecified atom stereocenters. The smallest absolute Gasteiger partial charge is 0.242 e. The SMILES string of the molecule is CC(O)C(C(N)=O)N(C=O)CC1(C)CCCN1S(C)(=O)=O. The lowest BCUT2D eigenvalue weighted by Gasteiger charge is -2.39. The fourth-order valence-electron chi connectivity index (χ4n) is 2.99. The summed E-state index contributed by atoms with van der Waals surface area (Å²) in [6, 6.07) is -1.18. The van der Waals surface area contributed by atoms with E-state index in [1.54, 1.807) is 6.92 Å². The van der Waals surface area contributed by atoms with Crippen LogP contribution < -0.4 is 5.73 Å². The van der Waals surface area contributed by atoms with Gasteiger partial charge < -0.3 is 15.7 Å². The predicted molar refractivity (Wildman–Crippen MR) is 76.6 cm³/mol. The van der Waals surface area contributed by atoms with Crippen LogP contribution in [0.4, 0.5) is 0 Å². The van der Waals surface area contributed by atoms with Crippen LogP contribution in [0.1, 0.15) is 26.7 Å². The monoisotopic (exact) mass is 321 g/mol. The third kappa shape index (κ3) is 3.92. The van der Waals surface area contributed by atoms with Gasteiger partial charge in [-0.2, -0.15) is 4.31 Å². The van der Waals surface area contributed by atoms with Crippen LogP contribution >= 0.6 is 0 Å². The Hall–Kier alpha value is -1.19. The molecule has 0 aromatic rings. The summed E-state index contributed by atoms with van der Waals surface area (Å²) in [5.41, 5.74) is 4.41. The van der Waals surface area contributed by atoms with Crippen molar-refractivity contribution in [3.8, 4) is 0 Å². The molecule has 1 rings (SSSR count). The van der Waals surface area contributed by atoms with Crippen molar-refractivity contribution in [3.05, 3.63) is 0 Å². The van der Waals surface area contributed by atoms with E-state index in [2.05, 4.69) is 0 Å². The Kier molecular flexibility index (Phi) is 5.35. The molecular formula is C12H23N3O5S. The van der Waals surface area contributed by atoms with Gasteiger partial charge in [0.25, 0.3) is 0 Å². The average molecular weight is 321 g/mol. The zero-order valence-corrected chi connectivity index (χ0v) is 13.3. The maximum absolute atomic E-state index is 11.8. The van der Waals surface area contributed by atoms with E-state index in [0.717, 1.165) is 11.2 Å². The number of aliphatic hydroxyl groups excluding tert-OH is 1. The molecular weight excluding hydrogens is 298 g/mol. The Morgan fingerprint density at radius 3 is 2.52 bits per heavy atom. The molecule has 0 radical (unpaired) electrons. The summed E-state index contributed by atoms with van der Waals surface area (Å²) >= 11 is 0. The van der Waals surface area contributed by atoms with Gasteiger partial charge in [0.1, 0.15) is 6.04 Å². The van der Waals surface area contributed by atoms with E-state index in [4.69, 9.17) is 5.73 Å². The Balaban J connectivity index is 3.04. The van der Waals surface area contributed by atoms with Crippen molar-refractivity contribution < 1.29 is 23.1 Å². The summed E-state index contributed by atoms with van der Waals surface area (Å²) in [5, 5.41) is 9.63. The molecule has 21 heavy (non-hydrogen) atoms. The first-order chi connectivity index (χ1) is 9.53. The standard InChI is InChI=1S/C12H23N3O5S/c1-9(17)10(11(13)18)14(8-16)7-12(2)5-4-6-15(12)21(3,19)20/h8-10,17H,4-7H2,1-3H3,(H2,13,18). The van der Waals surface area contributed by atoms with Gasteiger partial charge in [-0.1, -0.05) is 0 Å². The maximum atomic E-state index is 11.8. The fourth-order valence-corrected chi connectivity index (χ4v) is 4.41. The number of hydrogen-bond donors (Lipinski definition) is 2. The zero-order valence-electron chi connectivity index (χ0n) is 12.5. The highest BCUT2D eigenvalue weighted by atomic mass is 32.2. The number of carbonyl (C=O) groups is 2. The lowest BCUT2D eigenvalue weighted by atomic mass is 9.98. The number of sulfonamides is 1. The number of amides is 2. The van der Waals surface area contributed by atoms with Crippen LogP contribution in [0.25, 0.3) is 0 Å². The first-order valence-electron chi connectivity index (χ1n) is 6.69. The molecule has 1 saturated heterocycles. The number of nitrogens with zero attached hydrogens (tertiary/aromatic N) is 2. The molecule has 0 spiro atoms. The Morgan fingerprint density at radius 1 is 1.57 bits per heavy atom. The molecule has 1 fully saturated rings. The predicted octanol–water partition coefficient (Wildman–Crippen LogP) is -1.51. The summed E-state index contributed by atoms with van der Waals surface area (Å²) < 4.78 is 25.0. The average Bonchev–Trinajstić information content (AvgIpc) is 2.69. The minimum atomic E-state index is -3.42. The van der Waals surface area contributed by atoms with E-state index in [-0.39, 0.29) is 6.54 Å². The molecule has 0 bridgehead atoms. The molecule has 122 valence electrons. The van der Waals surface area contributed by atoms with E-state index >= 15 is 0 Å². The van der Waals surface area contributed by atoms with E-state index < -0.39 is 33.6 Å². The van der Waals surface area contributed by atoms with Gasteiger partial charge in [-0.15, -0.1) is 0 Å². The topological polar surface area (TPSA) is 121 Å². The summed E-state index contributed by atoms with van der Waals surface area (Å²) in [6.07, 6.45) is 1.64. The number of aliphatic hydroxyl groups is 1. The molecule has 1 aliphatic heterocycles. The van der Waals surface area contributed by atoms with Crippen molar-refractivity contribution in [2.75, 3.05) is 19.3 Å². The minimum absolute atomic E-state index is 0.00206. The summed E-state index contributed by atoms with van der Waals surface area (Å²) in [6.45, 7) is 3.45. The zero-order chi connectivity index (χ0) is 16.4. The van der Waals surface area contributed by atoms with Crippen LogP contribution in [0.2, 0.25) is 0 Å². The van der Waals surface area contributed by atoms with Gasteiger partial charge in [0.2, 0.25) is 22.3 Å². The van der Waals surface area contributed by atoms with Gasteiger partial charge >= 0.3 is 0 Å². The molecule has 3 N–H and O–H groups in total. The van der Waals surface area contributed by atoms with Crippen LogP contribution in [-0.4, -0.2) is 72.1 Å². The minimum Gasteiger partial charge on any atom is -0.391 e. The molecule has 9 heteroatoms. The highest BCUT2D eigenvalue weighted by Gasteiger charge is 2.44. The highest BCUT2D eigenvalue weighted by Crippen LogP contribution is 2.32. The largest absolute Gasteiger partial charge is 0.391 e. The van der Waals surface area contributed by atoms with E-state index in [1.165, 1.54) is 11.2 Å². The number of nitrogens with two attached hydrogens (primary N) is 1. The Morgan fingerprint density at radius 2 is 2.14 bits per heavy atom. The molecule has 8 nitrogen and oxygen atoms in total. The molecule has 0 saturated carbocycles. The number of carbonyl (C=O) groups excluding carboxylic acids is 2. The fraction of sp³-hybridized carbons (Fsp3) is 0.833. The third-order valence-electron chi connectivity index (χ3n) is 3.84. The Bertz CT molecular complexity index is 507. The molecule has 0 aromatic carbocycles. The van der Waals surface area contributed by atoms with Crippen LogP contribution in [-0.2, 0) is 19.6 Å². The normalized spacial score (nSPS) is 26.3. The molecule has 1 aliphatic rings. The van der Waals surface area contributed by atoms with Gasteiger partial charge in [0, 0.05) is 13.1 Å². The van der Waals surface area contributed by atoms with E-state index in [1.807, 2.05) is 0 Å².